The Bertz CT molecular complexity index is 983. The fourth-order valence-electron chi connectivity index (χ4n) is 3.31. The van der Waals surface area contributed by atoms with Crippen LogP contribution in [0.5, 0.6) is 0 Å². The van der Waals surface area contributed by atoms with Gasteiger partial charge in [-0.2, -0.15) is 0 Å². The molecule has 0 spiro atoms. The van der Waals surface area contributed by atoms with Gasteiger partial charge in [-0.25, -0.2) is 0 Å². The second-order valence-electron chi connectivity index (χ2n) is 6.19. The zero-order valence-electron chi connectivity index (χ0n) is 14.0. The first-order valence-corrected chi connectivity index (χ1v) is 9.02. The Morgan fingerprint density at radius 3 is 2.27 bits per heavy atom. The van der Waals surface area contributed by atoms with Gasteiger partial charge in [0.15, 0.2) is 0 Å². The van der Waals surface area contributed by atoms with Gasteiger partial charge in [-0.15, -0.1) is 0 Å². The highest BCUT2D eigenvalue weighted by molar-refractivity contribution is 6.39. The van der Waals surface area contributed by atoms with Crippen molar-refractivity contribution in [2.75, 3.05) is 10.2 Å². The smallest absolute Gasteiger partial charge is 0.260 e. The fraction of sp³-hybridized carbons (Fsp3) is 0.0952. The minimum absolute atomic E-state index is 0.0458. The van der Waals surface area contributed by atoms with Gasteiger partial charge in [0.1, 0.15) is 6.17 Å². The number of halogens is 2. The van der Waals surface area contributed by atoms with Crippen molar-refractivity contribution >= 4 is 40.5 Å². The van der Waals surface area contributed by atoms with E-state index in [0.717, 1.165) is 16.8 Å². The number of aryl methyl sites for hydroxylation is 1. The molecule has 1 N–H and O–H groups in total. The lowest BCUT2D eigenvalue weighted by molar-refractivity contribution is 0.0993. The van der Waals surface area contributed by atoms with E-state index in [0.29, 0.717) is 21.3 Å². The number of hydrogen-bond donors (Lipinski definition) is 1. The van der Waals surface area contributed by atoms with Crippen molar-refractivity contribution in [1.29, 1.82) is 0 Å². The maximum absolute atomic E-state index is 13.1. The SMILES string of the molecule is Cc1ccccc1N1C(=O)c2ccccc2[C@H]1Nc1c(Cl)cccc1Cl. The molecule has 3 aromatic carbocycles. The van der Waals surface area contributed by atoms with E-state index >= 15 is 0 Å². The van der Waals surface area contributed by atoms with Gasteiger partial charge in [0.2, 0.25) is 0 Å². The second kappa shape index (κ2) is 6.67. The molecule has 0 unspecified atom stereocenters. The van der Waals surface area contributed by atoms with Crippen molar-refractivity contribution in [3.63, 3.8) is 0 Å². The molecule has 1 aliphatic rings. The maximum Gasteiger partial charge on any atom is 0.260 e. The number of carbonyl (C=O) groups excluding carboxylic acids is 1. The molecule has 1 aliphatic heterocycles. The van der Waals surface area contributed by atoms with E-state index in [-0.39, 0.29) is 5.91 Å². The molecule has 0 radical (unpaired) electrons. The number of amides is 1. The summed E-state index contributed by atoms with van der Waals surface area (Å²) in [5.41, 5.74) is 4.07. The van der Waals surface area contributed by atoms with Crippen LogP contribution < -0.4 is 10.2 Å². The second-order valence-corrected chi connectivity index (χ2v) is 7.01. The molecule has 1 atom stereocenters. The van der Waals surface area contributed by atoms with Gasteiger partial charge >= 0.3 is 0 Å². The van der Waals surface area contributed by atoms with Crippen LogP contribution in [0.2, 0.25) is 10.0 Å². The normalized spacial score (nSPS) is 15.9. The van der Waals surface area contributed by atoms with Crippen LogP contribution in [0.1, 0.15) is 27.7 Å². The summed E-state index contributed by atoms with van der Waals surface area (Å²) in [6, 6.07) is 20.8. The van der Waals surface area contributed by atoms with Crippen molar-refractivity contribution in [3.8, 4) is 0 Å². The molecule has 1 amide bonds. The van der Waals surface area contributed by atoms with Crippen LogP contribution >= 0.6 is 23.2 Å². The van der Waals surface area contributed by atoms with Gasteiger partial charge in [0, 0.05) is 16.8 Å². The third kappa shape index (κ3) is 2.74. The highest BCUT2D eigenvalue weighted by Crippen LogP contribution is 2.41. The predicted octanol–water partition coefficient (Wildman–Crippen LogP) is 6.07. The van der Waals surface area contributed by atoms with Gasteiger partial charge in [-0.3, -0.25) is 9.69 Å². The maximum atomic E-state index is 13.1. The van der Waals surface area contributed by atoms with Gasteiger partial charge in [-0.1, -0.05) is 65.7 Å². The standard InChI is InChI=1S/C21H16Cl2N2O/c1-13-7-2-5-12-18(13)25-20(14-8-3-4-9-15(14)21(25)26)24-19-16(22)10-6-11-17(19)23/h2-12,20,24H,1H3/t20-/m0/s1. The molecule has 0 aliphatic carbocycles. The number of carbonyl (C=O) groups is 1. The van der Waals surface area contributed by atoms with Gasteiger partial charge in [0.05, 0.1) is 15.7 Å². The van der Waals surface area contributed by atoms with Gasteiger partial charge in [0.25, 0.3) is 5.91 Å². The lowest BCUT2D eigenvalue weighted by Gasteiger charge is -2.29. The summed E-state index contributed by atoms with van der Waals surface area (Å²) in [7, 11) is 0. The topological polar surface area (TPSA) is 32.3 Å². The van der Waals surface area contributed by atoms with Crippen LogP contribution in [0.25, 0.3) is 0 Å². The molecule has 130 valence electrons. The summed E-state index contributed by atoms with van der Waals surface area (Å²) in [5.74, 6) is -0.0458. The van der Waals surface area contributed by atoms with E-state index in [4.69, 9.17) is 23.2 Å². The quantitative estimate of drug-likeness (QED) is 0.595. The Balaban J connectivity index is 1.86. The fourth-order valence-corrected chi connectivity index (χ4v) is 3.82. The molecule has 0 saturated heterocycles. The zero-order valence-corrected chi connectivity index (χ0v) is 15.6. The minimum atomic E-state index is -0.391. The van der Waals surface area contributed by atoms with Crippen LogP contribution in [0.3, 0.4) is 0 Å². The highest BCUT2D eigenvalue weighted by atomic mass is 35.5. The molecule has 5 heteroatoms. The Kier molecular flexibility index (Phi) is 4.35. The van der Waals surface area contributed by atoms with E-state index < -0.39 is 6.17 Å². The lowest BCUT2D eigenvalue weighted by Crippen LogP contribution is -2.33. The van der Waals surface area contributed by atoms with E-state index in [1.807, 2.05) is 55.5 Å². The average Bonchev–Trinajstić information content (AvgIpc) is 2.91. The summed E-state index contributed by atoms with van der Waals surface area (Å²) < 4.78 is 0. The third-order valence-corrected chi connectivity index (χ3v) is 5.21. The van der Waals surface area contributed by atoms with Crippen LogP contribution in [0.4, 0.5) is 11.4 Å². The van der Waals surface area contributed by atoms with Crippen molar-refractivity contribution < 1.29 is 4.79 Å². The summed E-state index contributed by atoms with van der Waals surface area (Å²) in [4.78, 5) is 14.9. The number of hydrogen-bond acceptors (Lipinski definition) is 2. The molecule has 3 nitrogen and oxygen atoms in total. The lowest BCUT2D eigenvalue weighted by atomic mass is 10.1. The number of para-hydroxylation sites is 2. The van der Waals surface area contributed by atoms with Gasteiger partial charge in [-0.05, 0) is 36.8 Å². The molecule has 26 heavy (non-hydrogen) atoms. The number of anilines is 2. The zero-order chi connectivity index (χ0) is 18.3. The van der Waals surface area contributed by atoms with Crippen molar-refractivity contribution in [1.82, 2.24) is 0 Å². The monoisotopic (exact) mass is 382 g/mol. The molecular formula is C21H16Cl2N2O. The molecule has 3 aromatic rings. The molecule has 0 saturated carbocycles. The summed E-state index contributed by atoms with van der Waals surface area (Å²) in [6.07, 6.45) is -0.391. The summed E-state index contributed by atoms with van der Waals surface area (Å²) >= 11 is 12.7. The molecule has 0 aromatic heterocycles. The predicted molar refractivity (Wildman–Crippen MR) is 107 cm³/mol. The highest BCUT2D eigenvalue weighted by Gasteiger charge is 2.38. The summed E-state index contributed by atoms with van der Waals surface area (Å²) in [6.45, 7) is 1.99. The average molecular weight is 383 g/mol. The molecule has 1 heterocycles. The molecular weight excluding hydrogens is 367 g/mol. The first-order chi connectivity index (χ1) is 12.6. The van der Waals surface area contributed by atoms with E-state index in [1.165, 1.54) is 0 Å². The Hall–Kier alpha value is -2.49. The number of rotatable bonds is 3. The largest absolute Gasteiger partial charge is 0.359 e. The Morgan fingerprint density at radius 2 is 1.54 bits per heavy atom. The van der Waals surface area contributed by atoms with E-state index in [2.05, 4.69) is 5.32 Å². The number of nitrogens with one attached hydrogen (secondary N) is 1. The van der Waals surface area contributed by atoms with Crippen molar-refractivity contribution in [3.05, 3.63) is 93.5 Å². The van der Waals surface area contributed by atoms with Crippen molar-refractivity contribution in [2.24, 2.45) is 0 Å². The Morgan fingerprint density at radius 1 is 0.885 bits per heavy atom. The van der Waals surface area contributed by atoms with E-state index in [9.17, 15) is 4.79 Å². The van der Waals surface area contributed by atoms with Crippen molar-refractivity contribution in [2.45, 2.75) is 13.1 Å². The summed E-state index contributed by atoms with van der Waals surface area (Å²) in [5, 5.41) is 4.41. The molecule has 0 bridgehead atoms. The Labute approximate surface area is 162 Å². The van der Waals surface area contributed by atoms with Crippen LogP contribution in [0, 0.1) is 6.92 Å². The van der Waals surface area contributed by atoms with Crippen LogP contribution in [-0.4, -0.2) is 5.91 Å². The third-order valence-electron chi connectivity index (χ3n) is 4.58. The van der Waals surface area contributed by atoms with Crippen LogP contribution in [-0.2, 0) is 0 Å². The number of fused-ring (bicyclic) bond motifs is 1. The van der Waals surface area contributed by atoms with Gasteiger partial charge < -0.3 is 5.32 Å². The number of nitrogens with zero attached hydrogens (tertiary/aromatic N) is 1. The number of benzene rings is 3. The molecule has 4 rings (SSSR count). The van der Waals surface area contributed by atoms with Crippen LogP contribution in [0.15, 0.2) is 66.7 Å². The van der Waals surface area contributed by atoms with E-state index in [1.54, 1.807) is 23.1 Å². The molecule has 0 fully saturated rings. The first-order valence-electron chi connectivity index (χ1n) is 8.26. The first kappa shape index (κ1) is 17.0. The minimum Gasteiger partial charge on any atom is -0.359 e.